The van der Waals surface area contributed by atoms with Crippen molar-refractivity contribution in [1.29, 1.82) is 0 Å². The number of fused-ring (bicyclic) bond motifs is 1. The number of carbonyl (C=O) groups excluding carboxylic acids is 2. The molecule has 0 amide bonds. The van der Waals surface area contributed by atoms with Gasteiger partial charge in [-0.1, -0.05) is 30.3 Å². The number of aldehydes is 2. The van der Waals surface area contributed by atoms with E-state index in [1.165, 1.54) is 7.11 Å². The number of benzene rings is 3. The van der Waals surface area contributed by atoms with Crippen LogP contribution in [0.15, 0.2) is 54.6 Å². The van der Waals surface area contributed by atoms with Crippen molar-refractivity contribution in [3.63, 3.8) is 0 Å². The molecule has 0 unspecified atom stereocenters. The van der Waals surface area contributed by atoms with Crippen molar-refractivity contribution in [1.82, 2.24) is 0 Å². The molecule has 0 saturated heterocycles. The molecule has 0 bridgehead atoms. The molecule has 0 spiro atoms. The smallest absolute Gasteiger partial charge is 0.231 e. The Balaban J connectivity index is 1.83. The van der Waals surface area contributed by atoms with E-state index in [2.05, 4.69) is 0 Å². The third-order valence-electron chi connectivity index (χ3n) is 4.67. The van der Waals surface area contributed by atoms with E-state index < -0.39 is 0 Å². The molecule has 1 aliphatic heterocycles. The SMILES string of the molecule is COc1cc(C=O)c(-c2c(C=O)ccc3c2OCO3)cc1OCc1ccccc1. The van der Waals surface area contributed by atoms with Crippen LogP contribution in [0.2, 0.25) is 0 Å². The minimum Gasteiger partial charge on any atom is -0.493 e. The van der Waals surface area contributed by atoms with E-state index in [0.717, 1.165) is 11.8 Å². The number of ether oxygens (including phenoxy) is 4. The predicted molar refractivity (Wildman–Crippen MR) is 106 cm³/mol. The number of hydrogen-bond donors (Lipinski definition) is 0. The highest BCUT2D eigenvalue weighted by atomic mass is 16.7. The van der Waals surface area contributed by atoms with Crippen molar-refractivity contribution in [3.05, 3.63) is 71.3 Å². The second-order valence-electron chi connectivity index (χ2n) is 6.36. The number of carbonyl (C=O) groups is 2. The van der Waals surface area contributed by atoms with Gasteiger partial charge in [0.2, 0.25) is 6.79 Å². The van der Waals surface area contributed by atoms with E-state index in [9.17, 15) is 9.59 Å². The molecule has 6 nitrogen and oxygen atoms in total. The zero-order valence-corrected chi connectivity index (χ0v) is 15.7. The zero-order chi connectivity index (χ0) is 20.2. The molecule has 146 valence electrons. The molecule has 4 rings (SSSR count). The zero-order valence-electron chi connectivity index (χ0n) is 15.7. The van der Waals surface area contributed by atoms with Gasteiger partial charge in [-0.25, -0.2) is 0 Å². The summed E-state index contributed by atoms with van der Waals surface area (Å²) >= 11 is 0. The van der Waals surface area contributed by atoms with Crippen LogP contribution in [0, 0.1) is 0 Å². The Bertz CT molecular complexity index is 1060. The van der Waals surface area contributed by atoms with E-state index in [0.29, 0.717) is 58.1 Å². The molecule has 0 aromatic heterocycles. The summed E-state index contributed by atoms with van der Waals surface area (Å²) in [4.78, 5) is 23.5. The van der Waals surface area contributed by atoms with Crippen LogP contribution in [0.25, 0.3) is 11.1 Å². The molecule has 1 aliphatic rings. The van der Waals surface area contributed by atoms with E-state index >= 15 is 0 Å². The van der Waals surface area contributed by atoms with Crippen molar-refractivity contribution in [2.75, 3.05) is 13.9 Å². The molecular formula is C23H18O6. The first-order valence-corrected chi connectivity index (χ1v) is 8.97. The molecule has 0 aliphatic carbocycles. The maximum absolute atomic E-state index is 11.8. The van der Waals surface area contributed by atoms with E-state index in [1.807, 2.05) is 30.3 Å². The predicted octanol–water partition coefficient (Wildman–Crippen LogP) is 4.29. The lowest BCUT2D eigenvalue weighted by Gasteiger charge is -2.16. The summed E-state index contributed by atoms with van der Waals surface area (Å²) in [7, 11) is 1.51. The van der Waals surface area contributed by atoms with Gasteiger partial charge < -0.3 is 18.9 Å². The minimum absolute atomic E-state index is 0.0502. The Morgan fingerprint density at radius 2 is 1.72 bits per heavy atom. The first kappa shape index (κ1) is 18.6. The minimum atomic E-state index is 0.0502. The van der Waals surface area contributed by atoms with Crippen LogP contribution < -0.4 is 18.9 Å². The lowest BCUT2D eigenvalue weighted by atomic mass is 9.94. The summed E-state index contributed by atoms with van der Waals surface area (Å²) in [6.45, 7) is 0.374. The lowest BCUT2D eigenvalue weighted by Crippen LogP contribution is -2.01. The summed E-state index contributed by atoms with van der Waals surface area (Å²) < 4.78 is 22.4. The summed E-state index contributed by atoms with van der Waals surface area (Å²) in [5, 5.41) is 0. The summed E-state index contributed by atoms with van der Waals surface area (Å²) in [6, 6.07) is 16.3. The van der Waals surface area contributed by atoms with Gasteiger partial charge in [-0.3, -0.25) is 9.59 Å². The molecule has 3 aromatic carbocycles. The normalized spacial score (nSPS) is 11.8. The molecular weight excluding hydrogens is 372 g/mol. The van der Waals surface area contributed by atoms with Gasteiger partial charge >= 0.3 is 0 Å². The van der Waals surface area contributed by atoms with Gasteiger partial charge in [0.05, 0.1) is 7.11 Å². The maximum atomic E-state index is 11.8. The number of methoxy groups -OCH3 is 1. The Morgan fingerprint density at radius 3 is 2.45 bits per heavy atom. The van der Waals surface area contributed by atoms with Gasteiger partial charge in [0, 0.05) is 22.3 Å². The van der Waals surface area contributed by atoms with Crippen molar-refractivity contribution in [3.8, 4) is 34.1 Å². The van der Waals surface area contributed by atoms with Crippen LogP contribution in [0.3, 0.4) is 0 Å². The standard InChI is InChI=1S/C23H18O6/c1-26-20-9-17(12-25)18(10-21(20)27-13-15-5-3-2-4-6-15)22-16(11-24)7-8-19-23(22)29-14-28-19/h2-12H,13-14H2,1H3. The van der Waals surface area contributed by atoms with Crippen molar-refractivity contribution in [2.45, 2.75) is 6.61 Å². The molecule has 1 heterocycles. The Morgan fingerprint density at radius 1 is 0.931 bits per heavy atom. The largest absolute Gasteiger partial charge is 0.493 e. The number of hydrogen-bond acceptors (Lipinski definition) is 6. The molecule has 0 fully saturated rings. The lowest BCUT2D eigenvalue weighted by molar-refractivity contribution is 0.111. The van der Waals surface area contributed by atoms with Crippen molar-refractivity contribution in [2.24, 2.45) is 0 Å². The average Bonchev–Trinajstić information content (AvgIpc) is 3.26. The second kappa shape index (κ2) is 8.06. The van der Waals surface area contributed by atoms with Crippen LogP contribution >= 0.6 is 0 Å². The van der Waals surface area contributed by atoms with Crippen LogP contribution in [-0.4, -0.2) is 26.5 Å². The summed E-state index contributed by atoms with van der Waals surface area (Å²) in [5.74, 6) is 1.82. The average molecular weight is 390 g/mol. The molecule has 0 radical (unpaired) electrons. The molecule has 0 N–H and O–H groups in total. The van der Waals surface area contributed by atoms with Gasteiger partial charge in [-0.15, -0.1) is 0 Å². The van der Waals surface area contributed by atoms with E-state index in [-0.39, 0.29) is 6.79 Å². The first-order valence-electron chi connectivity index (χ1n) is 8.97. The van der Waals surface area contributed by atoms with Gasteiger partial charge in [0.15, 0.2) is 35.6 Å². The van der Waals surface area contributed by atoms with Crippen molar-refractivity contribution < 1.29 is 28.5 Å². The quantitative estimate of drug-likeness (QED) is 0.561. The van der Waals surface area contributed by atoms with Crippen LogP contribution in [-0.2, 0) is 6.61 Å². The van der Waals surface area contributed by atoms with Gasteiger partial charge in [-0.2, -0.15) is 0 Å². The highest BCUT2D eigenvalue weighted by molar-refractivity contribution is 5.98. The molecule has 0 atom stereocenters. The molecule has 3 aromatic rings. The second-order valence-corrected chi connectivity index (χ2v) is 6.36. The van der Waals surface area contributed by atoms with Gasteiger partial charge in [-0.05, 0) is 29.8 Å². The third-order valence-corrected chi connectivity index (χ3v) is 4.67. The van der Waals surface area contributed by atoms with Crippen LogP contribution in [0.1, 0.15) is 26.3 Å². The Hall–Kier alpha value is -3.80. The van der Waals surface area contributed by atoms with Crippen LogP contribution in [0.5, 0.6) is 23.0 Å². The summed E-state index contributed by atoms with van der Waals surface area (Å²) in [5.41, 5.74) is 2.72. The topological polar surface area (TPSA) is 71.1 Å². The fraction of sp³-hybridized carbons (Fsp3) is 0.130. The molecule has 0 saturated carbocycles. The fourth-order valence-corrected chi connectivity index (χ4v) is 3.26. The van der Waals surface area contributed by atoms with E-state index in [4.69, 9.17) is 18.9 Å². The fourth-order valence-electron chi connectivity index (χ4n) is 3.26. The molecule has 29 heavy (non-hydrogen) atoms. The Labute approximate surface area is 167 Å². The van der Waals surface area contributed by atoms with Gasteiger partial charge in [0.25, 0.3) is 0 Å². The number of rotatable bonds is 7. The Kier molecular flexibility index (Phi) is 5.16. The van der Waals surface area contributed by atoms with Crippen molar-refractivity contribution >= 4 is 12.6 Å². The third kappa shape index (κ3) is 3.52. The summed E-state index contributed by atoms with van der Waals surface area (Å²) in [6.07, 6.45) is 1.43. The highest BCUT2D eigenvalue weighted by Gasteiger charge is 2.25. The monoisotopic (exact) mass is 390 g/mol. The highest BCUT2D eigenvalue weighted by Crippen LogP contribution is 2.46. The van der Waals surface area contributed by atoms with Gasteiger partial charge in [0.1, 0.15) is 6.61 Å². The maximum Gasteiger partial charge on any atom is 0.231 e. The van der Waals surface area contributed by atoms with Crippen LogP contribution in [0.4, 0.5) is 0 Å². The van der Waals surface area contributed by atoms with E-state index in [1.54, 1.807) is 24.3 Å². The molecule has 6 heteroatoms. The first-order chi connectivity index (χ1) is 14.2.